The van der Waals surface area contributed by atoms with Crippen LogP contribution in [0.1, 0.15) is 31.4 Å². The molecule has 0 saturated carbocycles. The SMILES string of the molecule is Cc1ccc2c(n1)oc1c(-c3ccccn3)[c-]ccc12.[Ir].[Ir].[c-]1ccc2c(oc3cnccc32)c1-c1ccccn1.[c-]1ccccc1N1[CH-]N(CCCCN2[CH-]N(c3[c-]cccc3)c3ccccc32)c2ccccc21.[c-]1ccccc1N1[CH-]N(CCCCN2[CH-]N(c3[c-]cccc3)c3ccccc32)c2ccccc21. The van der Waals surface area contributed by atoms with Crippen molar-refractivity contribution in [3.63, 3.8) is 0 Å². The molecule has 16 aromatic rings. The molecular formula is C93H72Ir2N12O2-10. The summed E-state index contributed by atoms with van der Waals surface area (Å²) < 4.78 is 11.8. The molecule has 20 rings (SSSR count). The summed E-state index contributed by atoms with van der Waals surface area (Å²) in [5, 5.41) is 4.21. The zero-order valence-electron chi connectivity index (χ0n) is 59.6. The monoisotopic (exact) mass is 1770 g/mol. The summed E-state index contributed by atoms with van der Waals surface area (Å²) in [7, 11) is 0. The van der Waals surface area contributed by atoms with Gasteiger partial charge in [0.2, 0.25) is 5.71 Å². The van der Waals surface area contributed by atoms with Crippen LogP contribution in [0.25, 0.3) is 66.5 Å². The molecule has 0 saturated heterocycles. The molecule has 10 heterocycles. The van der Waals surface area contributed by atoms with Gasteiger partial charge in [0.1, 0.15) is 5.58 Å². The Hall–Kier alpha value is -11.9. The Morgan fingerprint density at radius 2 is 0.679 bits per heavy atom. The van der Waals surface area contributed by atoms with Crippen LogP contribution in [0, 0.1) is 70.0 Å². The van der Waals surface area contributed by atoms with Crippen molar-refractivity contribution in [2.45, 2.75) is 32.6 Å². The molecule has 4 aliphatic heterocycles. The van der Waals surface area contributed by atoms with Gasteiger partial charge in [-0.25, -0.2) is 4.98 Å². The summed E-state index contributed by atoms with van der Waals surface area (Å²) in [4.78, 5) is 35.7. The maximum absolute atomic E-state index is 5.94. The van der Waals surface area contributed by atoms with Crippen LogP contribution < -0.4 is 39.2 Å². The molecule has 0 aliphatic carbocycles. The van der Waals surface area contributed by atoms with Gasteiger partial charge in [0, 0.05) is 121 Å². The van der Waals surface area contributed by atoms with Crippen molar-refractivity contribution in [1.82, 2.24) is 19.9 Å². The minimum absolute atomic E-state index is 0. The predicted octanol–water partition coefficient (Wildman–Crippen LogP) is 21.8. The third kappa shape index (κ3) is 15.5. The summed E-state index contributed by atoms with van der Waals surface area (Å²) in [6, 6.07) is 112. The van der Waals surface area contributed by atoms with Crippen LogP contribution in [0.3, 0.4) is 0 Å². The summed E-state index contributed by atoms with van der Waals surface area (Å²) in [5.41, 5.74) is 21.6. The van der Waals surface area contributed by atoms with E-state index >= 15 is 0 Å². The van der Waals surface area contributed by atoms with Crippen LogP contribution in [0.15, 0.2) is 307 Å². The second kappa shape index (κ2) is 33.9. The van der Waals surface area contributed by atoms with E-state index < -0.39 is 0 Å². The molecule has 4 aliphatic rings. The van der Waals surface area contributed by atoms with Crippen LogP contribution >= 0.6 is 0 Å². The van der Waals surface area contributed by atoms with Crippen LogP contribution in [-0.4, -0.2) is 46.1 Å². The van der Waals surface area contributed by atoms with Gasteiger partial charge in [-0.05, 0) is 149 Å². The van der Waals surface area contributed by atoms with E-state index in [1.165, 1.54) is 45.5 Å². The number of benzene rings is 10. The molecule has 544 valence electrons. The number of pyridine rings is 4. The summed E-state index contributed by atoms with van der Waals surface area (Å²) in [5.74, 6) is 0. The molecule has 14 nitrogen and oxygen atoms in total. The van der Waals surface area contributed by atoms with Crippen molar-refractivity contribution in [1.29, 1.82) is 0 Å². The summed E-state index contributed by atoms with van der Waals surface area (Å²) in [6.45, 7) is 14.7. The van der Waals surface area contributed by atoms with Gasteiger partial charge in [0.15, 0.2) is 0 Å². The number of rotatable bonds is 16. The maximum atomic E-state index is 5.94. The van der Waals surface area contributed by atoms with Crippen molar-refractivity contribution in [2.24, 2.45) is 0 Å². The summed E-state index contributed by atoms with van der Waals surface area (Å²) >= 11 is 0. The predicted molar refractivity (Wildman–Crippen MR) is 432 cm³/mol. The second-order valence-corrected chi connectivity index (χ2v) is 26.1. The summed E-state index contributed by atoms with van der Waals surface area (Å²) in [6.07, 6.45) is 11.4. The van der Waals surface area contributed by atoms with Crippen molar-refractivity contribution in [3.05, 3.63) is 367 Å². The fourth-order valence-electron chi connectivity index (χ4n) is 14.2. The van der Waals surface area contributed by atoms with Gasteiger partial charge < -0.3 is 58.0 Å². The van der Waals surface area contributed by atoms with E-state index in [0.717, 1.165) is 141 Å². The first kappa shape index (κ1) is 72.6. The molecule has 16 heteroatoms. The zero-order valence-corrected chi connectivity index (χ0v) is 64.4. The van der Waals surface area contributed by atoms with E-state index in [4.69, 9.17) is 8.83 Å². The maximum Gasteiger partial charge on any atom is 0.216 e. The Morgan fingerprint density at radius 3 is 1.05 bits per heavy atom. The van der Waals surface area contributed by atoms with E-state index in [-0.39, 0.29) is 40.2 Å². The molecule has 2 radical (unpaired) electrons. The van der Waals surface area contributed by atoms with Gasteiger partial charge in [-0.2, -0.15) is 148 Å². The Kier molecular flexibility index (Phi) is 22.6. The van der Waals surface area contributed by atoms with Crippen molar-refractivity contribution in [2.75, 3.05) is 65.4 Å². The first-order valence-corrected chi connectivity index (χ1v) is 36.1. The minimum Gasteiger partial charge on any atom is -0.501 e. The number of nitrogens with zero attached hydrogens (tertiary/aromatic N) is 12. The number of fused-ring (bicyclic) bond motifs is 10. The first-order chi connectivity index (χ1) is 53.0. The molecule has 0 fully saturated rings. The zero-order chi connectivity index (χ0) is 71.7. The molecule has 0 amide bonds. The van der Waals surface area contributed by atoms with Crippen LogP contribution in [-0.2, 0) is 40.2 Å². The molecular weight excluding hydrogens is 1700 g/mol. The fraction of sp³-hybridized carbons (Fsp3) is 0.0968. The number of aromatic nitrogens is 4. The Balaban J connectivity index is 0.000000119. The Labute approximate surface area is 663 Å². The smallest absolute Gasteiger partial charge is 0.216 e. The van der Waals surface area contributed by atoms with Gasteiger partial charge in [0.25, 0.3) is 0 Å². The quantitative estimate of drug-likeness (QED) is 0.0677. The first-order valence-electron chi connectivity index (χ1n) is 36.1. The molecule has 0 atom stereocenters. The molecule has 0 unspecified atom stereocenters. The van der Waals surface area contributed by atoms with Crippen LogP contribution in [0.5, 0.6) is 0 Å². The molecule has 0 spiro atoms. The Bertz CT molecular complexity index is 5270. The molecule has 0 bridgehead atoms. The van der Waals surface area contributed by atoms with Gasteiger partial charge in [-0.3, -0.25) is 4.98 Å². The second-order valence-electron chi connectivity index (χ2n) is 26.1. The van der Waals surface area contributed by atoms with E-state index in [2.05, 4.69) is 268 Å². The normalized spacial score (nSPS) is 13.0. The average molecular weight is 1770 g/mol. The van der Waals surface area contributed by atoms with Crippen LogP contribution in [0.2, 0.25) is 0 Å². The van der Waals surface area contributed by atoms with Gasteiger partial charge in [-0.15, -0.1) is 59.1 Å². The van der Waals surface area contributed by atoms with E-state index in [1.807, 2.05) is 134 Å². The topological polar surface area (TPSA) is 104 Å². The third-order valence-electron chi connectivity index (χ3n) is 19.2. The number of anilines is 12. The largest absolute Gasteiger partial charge is 0.501 e. The minimum atomic E-state index is 0. The van der Waals surface area contributed by atoms with Crippen molar-refractivity contribution in [3.8, 4) is 22.5 Å². The average Bonchev–Trinajstić information content (AvgIpc) is 1.62. The van der Waals surface area contributed by atoms with Crippen molar-refractivity contribution >= 4 is 112 Å². The number of furan rings is 2. The molecule has 109 heavy (non-hydrogen) atoms. The number of para-hydroxylation sites is 12. The van der Waals surface area contributed by atoms with Gasteiger partial charge in [0.05, 0.1) is 17.4 Å². The number of unbranched alkanes of at least 4 members (excludes halogenated alkanes) is 2. The number of hydrogen-bond donors (Lipinski definition) is 0. The van der Waals surface area contributed by atoms with E-state index in [1.54, 1.807) is 24.8 Å². The van der Waals surface area contributed by atoms with Crippen molar-refractivity contribution < 1.29 is 49.0 Å². The molecule has 10 aromatic carbocycles. The standard InChI is InChI=1S/2C30H26N4.C17H11N2O.C16H9N2O.2Ir/c2*1-3-13-25(14-4-1)33-23-31(27-17-7-9-19-29(27)33)21-11-12-22-32-24-34(26-15-5-2-6-16-26)30-20-10-8-18-28(30)32;1-11-8-9-13-12-5-4-6-14(15-7-2-3-10-18-15)16(12)20-17(13)19-11;1-2-8-18-14(6-1)13-5-3-4-12-11-7-9-17-10-15(11)19-16(12)13;;/h2*1-10,13,15,17-20,23-24H,11-12,21-22H2;2-5,7-10H,1H3;1-4,6-10H;;/q2*-4;2*-1;;. The Morgan fingerprint density at radius 1 is 0.321 bits per heavy atom. The molecule has 0 N–H and O–H groups in total. The third-order valence-corrected chi connectivity index (χ3v) is 19.2. The van der Waals surface area contributed by atoms with E-state index in [0.29, 0.717) is 5.71 Å². The van der Waals surface area contributed by atoms with E-state index in [9.17, 15) is 0 Å². The van der Waals surface area contributed by atoms with Gasteiger partial charge in [-0.1, -0.05) is 94.7 Å². The number of hydrogen-bond acceptors (Lipinski definition) is 14. The van der Waals surface area contributed by atoms with Gasteiger partial charge >= 0.3 is 0 Å². The molecule has 6 aromatic heterocycles. The fourth-order valence-corrected chi connectivity index (χ4v) is 14.2. The number of aryl methyl sites for hydroxylation is 1. The van der Waals surface area contributed by atoms with Crippen LogP contribution in [0.4, 0.5) is 68.2 Å².